The van der Waals surface area contributed by atoms with Crippen molar-refractivity contribution in [1.82, 2.24) is 4.98 Å². The molecule has 27 heavy (non-hydrogen) atoms. The summed E-state index contributed by atoms with van der Waals surface area (Å²) in [6.45, 7) is 0. The second-order valence-electron chi connectivity index (χ2n) is 5.75. The Labute approximate surface area is 157 Å². The Morgan fingerprint density at radius 1 is 1.07 bits per heavy atom. The SMILES string of the molecule is COc1cccc(C(Nc2ncccc2C#N)c2cc(F)ccc2OC)c1. The van der Waals surface area contributed by atoms with Crippen molar-refractivity contribution in [2.75, 3.05) is 19.5 Å². The average Bonchev–Trinajstić information content (AvgIpc) is 2.72. The predicted molar refractivity (Wildman–Crippen MR) is 100 cm³/mol. The number of nitrogens with zero attached hydrogens (tertiary/aromatic N) is 2. The van der Waals surface area contributed by atoms with E-state index < -0.39 is 6.04 Å². The maximum Gasteiger partial charge on any atom is 0.144 e. The molecule has 1 unspecified atom stereocenters. The second kappa shape index (κ2) is 8.19. The van der Waals surface area contributed by atoms with Crippen LogP contribution < -0.4 is 14.8 Å². The first-order chi connectivity index (χ1) is 13.2. The highest BCUT2D eigenvalue weighted by Gasteiger charge is 2.21. The summed E-state index contributed by atoms with van der Waals surface area (Å²) in [4.78, 5) is 4.26. The molecular weight excluding hydrogens is 345 g/mol. The predicted octanol–water partition coefficient (Wildman–Crippen LogP) is 4.31. The zero-order chi connectivity index (χ0) is 19.2. The number of anilines is 1. The second-order valence-corrected chi connectivity index (χ2v) is 5.75. The summed E-state index contributed by atoms with van der Waals surface area (Å²) in [6, 6.07) is 16.7. The Kier molecular flexibility index (Phi) is 5.53. The first-order valence-electron chi connectivity index (χ1n) is 8.25. The van der Waals surface area contributed by atoms with E-state index >= 15 is 0 Å². The van der Waals surface area contributed by atoms with Gasteiger partial charge >= 0.3 is 0 Å². The van der Waals surface area contributed by atoms with Crippen molar-refractivity contribution in [3.05, 3.63) is 83.3 Å². The summed E-state index contributed by atoms with van der Waals surface area (Å²) in [5.41, 5.74) is 1.79. The van der Waals surface area contributed by atoms with Crippen molar-refractivity contribution < 1.29 is 13.9 Å². The molecule has 0 fully saturated rings. The zero-order valence-corrected chi connectivity index (χ0v) is 14.9. The van der Waals surface area contributed by atoms with E-state index in [4.69, 9.17) is 9.47 Å². The lowest BCUT2D eigenvalue weighted by Gasteiger charge is -2.23. The van der Waals surface area contributed by atoms with E-state index in [0.717, 1.165) is 5.56 Å². The number of benzene rings is 2. The lowest BCUT2D eigenvalue weighted by atomic mass is 9.97. The Hall–Kier alpha value is -3.59. The lowest BCUT2D eigenvalue weighted by Crippen LogP contribution is -2.15. The Bertz CT molecular complexity index is 985. The van der Waals surface area contributed by atoms with Crippen LogP contribution in [0.3, 0.4) is 0 Å². The minimum absolute atomic E-state index is 0.387. The van der Waals surface area contributed by atoms with Gasteiger partial charge in [-0.3, -0.25) is 0 Å². The summed E-state index contributed by atoms with van der Waals surface area (Å²) in [6.07, 6.45) is 1.59. The summed E-state index contributed by atoms with van der Waals surface area (Å²) >= 11 is 0. The molecule has 0 aliphatic rings. The average molecular weight is 363 g/mol. The Balaban J connectivity index is 2.15. The van der Waals surface area contributed by atoms with Gasteiger partial charge in [-0.2, -0.15) is 5.26 Å². The van der Waals surface area contributed by atoms with Crippen LogP contribution in [0.4, 0.5) is 10.2 Å². The van der Waals surface area contributed by atoms with Crippen LogP contribution in [0.2, 0.25) is 0 Å². The smallest absolute Gasteiger partial charge is 0.144 e. The van der Waals surface area contributed by atoms with Crippen LogP contribution in [-0.2, 0) is 0 Å². The topological polar surface area (TPSA) is 67.2 Å². The first-order valence-corrected chi connectivity index (χ1v) is 8.25. The number of ether oxygens (including phenoxy) is 2. The summed E-state index contributed by atoms with van der Waals surface area (Å²) in [7, 11) is 3.11. The van der Waals surface area contributed by atoms with Gasteiger partial charge in [-0.25, -0.2) is 9.37 Å². The standard InChI is InChI=1S/C21H18FN3O2/c1-26-17-7-3-5-14(11-17)20(18-12-16(22)8-9-19(18)27-2)25-21-15(13-23)6-4-10-24-21/h3-12,20H,1-2H3,(H,24,25). The molecule has 2 aromatic carbocycles. The molecule has 0 aliphatic carbocycles. The summed E-state index contributed by atoms with van der Waals surface area (Å²) in [5.74, 6) is 1.20. The molecule has 3 rings (SSSR count). The number of hydrogen-bond donors (Lipinski definition) is 1. The number of aromatic nitrogens is 1. The Morgan fingerprint density at radius 3 is 2.67 bits per heavy atom. The molecule has 0 saturated heterocycles. The number of pyridine rings is 1. The van der Waals surface area contributed by atoms with Gasteiger partial charge in [0.25, 0.3) is 0 Å². The molecule has 6 heteroatoms. The summed E-state index contributed by atoms with van der Waals surface area (Å²) < 4.78 is 24.8. The molecule has 1 heterocycles. The third-order valence-corrected chi connectivity index (χ3v) is 4.14. The van der Waals surface area contributed by atoms with Gasteiger partial charge in [-0.1, -0.05) is 12.1 Å². The van der Waals surface area contributed by atoms with Crippen molar-refractivity contribution >= 4 is 5.82 Å². The van der Waals surface area contributed by atoms with Crippen LogP contribution in [0.5, 0.6) is 11.5 Å². The molecule has 1 N–H and O–H groups in total. The van der Waals surface area contributed by atoms with Crippen molar-refractivity contribution in [3.8, 4) is 17.6 Å². The molecule has 0 saturated carbocycles. The minimum Gasteiger partial charge on any atom is -0.497 e. The maximum absolute atomic E-state index is 14.0. The molecule has 5 nitrogen and oxygen atoms in total. The molecule has 1 atom stereocenters. The monoisotopic (exact) mass is 363 g/mol. The van der Waals surface area contributed by atoms with Gasteiger partial charge in [0.1, 0.15) is 29.2 Å². The zero-order valence-electron chi connectivity index (χ0n) is 14.9. The lowest BCUT2D eigenvalue weighted by molar-refractivity contribution is 0.406. The van der Waals surface area contributed by atoms with Gasteiger partial charge in [0, 0.05) is 11.8 Å². The quantitative estimate of drug-likeness (QED) is 0.707. The van der Waals surface area contributed by atoms with E-state index in [9.17, 15) is 9.65 Å². The number of nitriles is 1. The van der Waals surface area contributed by atoms with Crippen LogP contribution in [-0.4, -0.2) is 19.2 Å². The largest absolute Gasteiger partial charge is 0.497 e. The van der Waals surface area contributed by atoms with E-state index in [1.165, 1.54) is 19.2 Å². The number of nitrogens with one attached hydrogen (secondary N) is 1. The fourth-order valence-corrected chi connectivity index (χ4v) is 2.84. The fraction of sp³-hybridized carbons (Fsp3) is 0.143. The normalized spacial score (nSPS) is 11.3. The van der Waals surface area contributed by atoms with Crippen molar-refractivity contribution in [2.24, 2.45) is 0 Å². The highest BCUT2D eigenvalue weighted by atomic mass is 19.1. The maximum atomic E-state index is 14.0. The molecule has 1 aromatic heterocycles. The van der Waals surface area contributed by atoms with Crippen LogP contribution in [0.25, 0.3) is 0 Å². The van der Waals surface area contributed by atoms with Crippen LogP contribution >= 0.6 is 0 Å². The number of rotatable bonds is 6. The van der Waals surface area contributed by atoms with Crippen LogP contribution in [0.1, 0.15) is 22.7 Å². The van der Waals surface area contributed by atoms with E-state index in [0.29, 0.717) is 28.4 Å². The molecule has 136 valence electrons. The highest BCUT2D eigenvalue weighted by molar-refractivity contribution is 5.56. The van der Waals surface area contributed by atoms with Gasteiger partial charge in [-0.15, -0.1) is 0 Å². The Morgan fingerprint density at radius 2 is 1.93 bits per heavy atom. The van der Waals surface area contributed by atoms with Crippen LogP contribution in [0, 0.1) is 17.1 Å². The van der Waals surface area contributed by atoms with E-state index in [-0.39, 0.29) is 5.82 Å². The third-order valence-electron chi connectivity index (χ3n) is 4.14. The van der Waals surface area contributed by atoms with Gasteiger partial charge in [0.05, 0.1) is 25.8 Å². The van der Waals surface area contributed by atoms with Gasteiger partial charge in [0.15, 0.2) is 0 Å². The van der Waals surface area contributed by atoms with Gasteiger partial charge < -0.3 is 14.8 Å². The number of halogens is 1. The fourth-order valence-electron chi connectivity index (χ4n) is 2.84. The van der Waals surface area contributed by atoms with E-state index in [1.807, 2.05) is 24.3 Å². The third kappa shape index (κ3) is 3.98. The van der Waals surface area contributed by atoms with E-state index in [1.54, 1.807) is 31.5 Å². The van der Waals surface area contributed by atoms with Gasteiger partial charge in [-0.05, 0) is 48.0 Å². The van der Waals surface area contributed by atoms with Crippen molar-refractivity contribution in [2.45, 2.75) is 6.04 Å². The molecule has 0 amide bonds. The van der Waals surface area contributed by atoms with E-state index in [2.05, 4.69) is 16.4 Å². The van der Waals surface area contributed by atoms with Crippen LogP contribution in [0.15, 0.2) is 60.8 Å². The molecular formula is C21H18FN3O2. The first kappa shape index (κ1) is 18.2. The van der Waals surface area contributed by atoms with Crippen molar-refractivity contribution in [3.63, 3.8) is 0 Å². The summed E-state index contributed by atoms with van der Waals surface area (Å²) in [5, 5.41) is 12.6. The number of hydrogen-bond acceptors (Lipinski definition) is 5. The molecule has 0 bridgehead atoms. The number of methoxy groups -OCH3 is 2. The van der Waals surface area contributed by atoms with Crippen molar-refractivity contribution in [1.29, 1.82) is 5.26 Å². The molecule has 3 aromatic rings. The molecule has 0 aliphatic heterocycles. The highest BCUT2D eigenvalue weighted by Crippen LogP contribution is 2.35. The minimum atomic E-state index is -0.507. The van der Waals surface area contributed by atoms with Gasteiger partial charge in [0.2, 0.25) is 0 Å². The molecule has 0 spiro atoms. The molecule has 0 radical (unpaired) electrons.